The molecule has 0 fully saturated rings. The second-order valence-corrected chi connectivity index (χ2v) is 5.82. The highest BCUT2D eigenvalue weighted by Gasteiger charge is 2.13. The normalized spacial score (nSPS) is 10.9. The minimum atomic E-state index is 0.0612. The van der Waals surface area contributed by atoms with Crippen LogP contribution >= 0.6 is 11.8 Å². The molecule has 0 aliphatic rings. The van der Waals surface area contributed by atoms with Gasteiger partial charge in [-0.15, -0.1) is 0 Å². The topological polar surface area (TPSA) is 68.4 Å². The fourth-order valence-corrected chi connectivity index (χ4v) is 2.08. The molecule has 0 aliphatic carbocycles. The third-order valence-corrected chi connectivity index (χ3v) is 3.54. The van der Waals surface area contributed by atoms with Crippen LogP contribution in [0.5, 0.6) is 11.5 Å². The molecular formula is C13H16N2O3S. The van der Waals surface area contributed by atoms with Crippen LogP contribution in [0.25, 0.3) is 11.5 Å². The summed E-state index contributed by atoms with van der Waals surface area (Å²) in [6, 6.07) is 4.95. The highest BCUT2D eigenvalue weighted by molar-refractivity contribution is 7.99. The van der Waals surface area contributed by atoms with Gasteiger partial charge in [-0.05, 0) is 17.4 Å². The molecule has 0 radical (unpaired) electrons. The van der Waals surface area contributed by atoms with Crippen LogP contribution in [0.2, 0.25) is 0 Å². The number of hydrogen-bond acceptors (Lipinski definition) is 6. The van der Waals surface area contributed by atoms with Gasteiger partial charge in [-0.2, -0.15) is 16.7 Å². The lowest BCUT2D eigenvalue weighted by Gasteiger charge is -2.02. The molecule has 0 amide bonds. The molecule has 1 N–H and O–H groups in total. The van der Waals surface area contributed by atoms with Crippen molar-refractivity contribution in [1.29, 1.82) is 0 Å². The van der Waals surface area contributed by atoms with E-state index in [-0.39, 0.29) is 5.75 Å². The van der Waals surface area contributed by atoms with E-state index in [1.807, 2.05) is 0 Å². The van der Waals surface area contributed by atoms with Crippen molar-refractivity contribution in [2.75, 3.05) is 7.11 Å². The Kier molecular flexibility index (Phi) is 4.31. The summed E-state index contributed by atoms with van der Waals surface area (Å²) in [5, 5.41) is 14.3. The van der Waals surface area contributed by atoms with Gasteiger partial charge in [0.15, 0.2) is 5.82 Å². The molecule has 102 valence electrons. The van der Waals surface area contributed by atoms with E-state index in [1.54, 1.807) is 31.0 Å². The van der Waals surface area contributed by atoms with Gasteiger partial charge in [-0.25, -0.2) is 0 Å². The van der Waals surface area contributed by atoms with E-state index >= 15 is 0 Å². The number of rotatable bonds is 5. The number of ether oxygens (including phenoxy) is 1. The van der Waals surface area contributed by atoms with E-state index in [9.17, 15) is 5.11 Å². The maximum Gasteiger partial charge on any atom is 0.261 e. The van der Waals surface area contributed by atoms with Gasteiger partial charge in [-0.3, -0.25) is 0 Å². The molecule has 6 heteroatoms. The lowest BCUT2D eigenvalue weighted by atomic mass is 10.2. The van der Waals surface area contributed by atoms with Crippen LogP contribution in [0.15, 0.2) is 22.7 Å². The average Bonchev–Trinajstić information content (AvgIpc) is 2.84. The van der Waals surface area contributed by atoms with Gasteiger partial charge in [0.05, 0.1) is 18.4 Å². The fraction of sp³-hybridized carbons (Fsp3) is 0.385. The number of nitrogens with zero attached hydrogens (tertiary/aromatic N) is 2. The smallest absolute Gasteiger partial charge is 0.261 e. The molecule has 19 heavy (non-hydrogen) atoms. The maximum atomic E-state index is 9.89. The van der Waals surface area contributed by atoms with Crippen molar-refractivity contribution in [1.82, 2.24) is 10.1 Å². The summed E-state index contributed by atoms with van der Waals surface area (Å²) in [5.74, 6) is 2.28. The van der Waals surface area contributed by atoms with Crippen molar-refractivity contribution in [3.05, 3.63) is 24.0 Å². The predicted molar refractivity (Wildman–Crippen MR) is 74.4 cm³/mol. The third-order valence-electron chi connectivity index (χ3n) is 2.45. The number of phenolic OH excluding ortho intramolecular Hbond substituents is 1. The molecular weight excluding hydrogens is 264 g/mol. The van der Waals surface area contributed by atoms with E-state index < -0.39 is 0 Å². The van der Waals surface area contributed by atoms with Gasteiger partial charge >= 0.3 is 0 Å². The summed E-state index contributed by atoms with van der Waals surface area (Å²) < 4.78 is 10.2. The summed E-state index contributed by atoms with van der Waals surface area (Å²) in [6.07, 6.45) is 0. The number of aromatic nitrogens is 2. The molecule has 0 spiro atoms. The minimum absolute atomic E-state index is 0.0612. The van der Waals surface area contributed by atoms with E-state index in [1.165, 1.54) is 6.07 Å². The first kappa shape index (κ1) is 13.7. The maximum absolute atomic E-state index is 9.89. The Hall–Kier alpha value is -1.69. The SMILES string of the molecule is COc1ccc(-c2nc(CSC(C)C)no2)c(O)c1. The first-order chi connectivity index (χ1) is 9.10. The van der Waals surface area contributed by atoms with Crippen LogP contribution in [-0.2, 0) is 5.75 Å². The Labute approximate surface area is 116 Å². The molecule has 0 unspecified atom stereocenters. The van der Waals surface area contributed by atoms with E-state index in [2.05, 4.69) is 24.0 Å². The molecule has 1 heterocycles. The molecule has 2 aromatic rings. The van der Waals surface area contributed by atoms with E-state index in [4.69, 9.17) is 9.26 Å². The second kappa shape index (κ2) is 5.97. The first-order valence-corrected chi connectivity index (χ1v) is 6.96. The second-order valence-electron chi connectivity index (χ2n) is 4.26. The van der Waals surface area contributed by atoms with E-state index in [0.717, 1.165) is 0 Å². The largest absolute Gasteiger partial charge is 0.507 e. The highest BCUT2D eigenvalue weighted by Crippen LogP contribution is 2.31. The Morgan fingerprint density at radius 1 is 1.42 bits per heavy atom. The van der Waals surface area contributed by atoms with Crippen molar-refractivity contribution in [2.45, 2.75) is 24.9 Å². The van der Waals surface area contributed by atoms with Crippen LogP contribution in [-0.4, -0.2) is 27.6 Å². The Balaban J connectivity index is 2.18. The van der Waals surface area contributed by atoms with Crippen molar-refractivity contribution in [2.24, 2.45) is 0 Å². The van der Waals surface area contributed by atoms with Crippen LogP contribution in [0.1, 0.15) is 19.7 Å². The van der Waals surface area contributed by atoms with Gasteiger partial charge in [0, 0.05) is 6.07 Å². The zero-order valence-corrected chi connectivity index (χ0v) is 11.9. The summed E-state index contributed by atoms with van der Waals surface area (Å²) in [5.41, 5.74) is 0.508. The van der Waals surface area contributed by atoms with Crippen LogP contribution in [0.4, 0.5) is 0 Å². The minimum Gasteiger partial charge on any atom is -0.507 e. The van der Waals surface area contributed by atoms with Gasteiger partial charge in [0.25, 0.3) is 5.89 Å². The van der Waals surface area contributed by atoms with Gasteiger partial charge in [0.1, 0.15) is 11.5 Å². The van der Waals surface area contributed by atoms with Gasteiger partial charge in [0.2, 0.25) is 0 Å². The van der Waals surface area contributed by atoms with Gasteiger partial charge < -0.3 is 14.4 Å². The summed E-state index contributed by atoms with van der Waals surface area (Å²) >= 11 is 1.74. The Morgan fingerprint density at radius 2 is 2.21 bits per heavy atom. The number of aromatic hydroxyl groups is 1. The summed E-state index contributed by atoms with van der Waals surface area (Å²) in [4.78, 5) is 4.27. The molecule has 2 rings (SSSR count). The quantitative estimate of drug-likeness (QED) is 0.907. The number of thioether (sulfide) groups is 1. The third kappa shape index (κ3) is 3.41. The zero-order chi connectivity index (χ0) is 13.8. The van der Waals surface area contributed by atoms with Crippen LogP contribution in [0, 0.1) is 0 Å². The number of phenols is 1. The highest BCUT2D eigenvalue weighted by atomic mass is 32.2. The monoisotopic (exact) mass is 280 g/mol. The molecule has 0 atom stereocenters. The van der Waals surface area contributed by atoms with Crippen molar-refractivity contribution in [3.63, 3.8) is 0 Å². The van der Waals surface area contributed by atoms with E-state index in [0.29, 0.717) is 34.0 Å². The summed E-state index contributed by atoms with van der Waals surface area (Å²) in [7, 11) is 1.54. The van der Waals surface area contributed by atoms with Crippen molar-refractivity contribution >= 4 is 11.8 Å². The lowest BCUT2D eigenvalue weighted by Crippen LogP contribution is -1.90. The molecule has 5 nitrogen and oxygen atoms in total. The molecule has 0 saturated carbocycles. The van der Waals surface area contributed by atoms with Crippen molar-refractivity contribution < 1.29 is 14.4 Å². The predicted octanol–water partition coefficient (Wildman–Crippen LogP) is 3.09. The number of methoxy groups -OCH3 is 1. The number of benzene rings is 1. The fourth-order valence-electron chi connectivity index (χ4n) is 1.48. The van der Waals surface area contributed by atoms with Crippen LogP contribution in [0.3, 0.4) is 0 Å². The standard InChI is InChI=1S/C13H16N2O3S/c1-8(2)19-7-12-14-13(18-15-12)10-5-4-9(17-3)6-11(10)16/h4-6,8,16H,7H2,1-3H3. The lowest BCUT2D eigenvalue weighted by molar-refractivity contribution is 0.404. The first-order valence-electron chi connectivity index (χ1n) is 5.91. The Bertz CT molecular complexity index is 555. The van der Waals surface area contributed by atoms with Gasteiger partial charge in [-0.1, -0.05) is 19.0 Å². The zero-order valence-electron chi connectivity index (χ0n) is 11.1. The molecule has 1 aromatic heterocycles. The molecule has 0 bridgehead atoms. The molecule has 0 aliphatic heterocycles. The Morgan fingerprint density at radius 3 is 2.84 bits per heavy atom. The average molecular weight is 280 g/mol. The van der Waals surface area contributed by atoms with Crippen molar-refractivity contribution in [3.8, 4) is 23.0 Å². The summed E-state index contributed by atoms with van der Waals surface area (Å²) in [6.45, 7) is 4.22. The molecule has 1 aromatic carbocycles. The molecule has 0 saturated heterocycles. The van der Waals surface area contributed by atoms with Crippen LogP contribution < -0.4 is 4.74 Å². The number of hydrogen-bond donors (Lipinski definition) is 1.